The number of carbonyl (C=O) groups excluding carboxylic acids is 1. The third-order valence-electron chi connectivity index (χ3n) is 4.71. The van der Waals surface area contributed by atoms with Crippen LogP contribution in [0.4, 0.5) is 0 Å². The fraction of sp³-hybridized carbons (Fsp3) is 0.167. The summed E-state index contributed by atoms with van der Waals surface area (Å²) in [5.41, 5.74) is 2.04. The van der Waals surface area contributed by atoms with Crippen molar-refractivity contribution in [3.05, 3.63) is 88.3 Å². The van der Waals surface area contributed by atoms with Gasteiger partial charge >= 0.3 is 0 Å². The van der Waals surface area contributed by atoms with E-state index in [1.807, 2.05) is 49.4 Å². The summed E-state index contributed by atoms with van der Waals surface area (Å²) in [7, 11) is 0. The van der Waals surface area contributed by atoms with E-state index in [0.717, 1.165) is 5.56 Å². The van der Waals surface area contributed by atoms with Crippen LogP contribution in [0.15, 0.2) is 76.8 Å². The third-order valence-corrected chi connectivity index (χ3v) is 5.61. The van der Waals surface area contributed by atoms with E-state index in [2.05, 4.69) is 4.98 Å². The number of fused-ring (bicyclic) bond motifs is 1. The van der Waals surface area contributed by atoms with Crippen molar-refractivity contribution in [3.63, 3.8) is 0 Å². The highest BCUT2D eigenvalue weighted by molar-refractivity contribution is 7.99. The average molecular weight is 432 g/mol. The number of para-hydroxylation sites is 2. The number of rotatable bonds is 7. The Hall–Kier alpha value is -3.45. The molecule has 7 heteroatoms. The molecule has 0 bridgehead atoms. The molecule has 156 valence electrons. The van der Waals surface area contributed by atoms with Crippen LogP contribution in [0.3, 0.4) is 0 Å². The van der Waals surface area contributed by atoms with Gasteiger partial charge in [0.25, 0.3) is 5.56 Å². The highest BCUT2D eigenvalue weighted by Crippen LogP contribution is 2.22. The van der Waals surface area contributed by atoms with Crippen LogP contribution in [0.2, 0.25) is 0 Å². The topological polar surface area (TPSA) is 74.1 Å². The highest BCUT2D eigenvalue weighted by Gasteiger charge is 2.14. The lowest BCUT2D eigenvalue weighted by Gasteiger charge is -2.13. The van der Waals surface area contributed by atoms with E-state index in [1.165, 1.54) is 23.3 Å². The van der Waals surface area contributed by atoms with Gasteiger partial charge in [-0.1, -0.05) is 42.1 Å². The molecule has 0 unspecified atom stereocenters. The van der Waals surface area contributed by atoms with E-state index >= 15 is 0 Å². The number of thioether (sulfide) groups is 1. The second-order valence-electron chi connectivity index (χ2n) is 7.00. The predicted octanol–water partition coefficient (Wildman–Crippen LogP) is 4.46. The van der Waals surface area contributed by atoms with E-state index in [-0.39, 0.29) is 11.3 Å². The first-order valence-corrected chi connectivity index (χ1v) is 10.8. The largest absolute Gasteiger partial charge is 0.492 e. The van der Waals surface area contributed by atoms with Crippen LogP contribution in [0.25, 0.3) is 16.7 Å². The van der Waals surface area contributed by atoms with Gasteiger partial charge in [-0.05, 0) is 49.7 Å². The number of nitrogens with zero attached hydrogens (tertiary/aromatic N) is 3. The van der Waals surface area contributed by atoms with Gasteiger partial charge in [-0.3, -0.25) is 9.59 Å². The lowest BCUT2D eigenvalue weighted by atomic mass is 10.1. The van der Waals surface area contributed by atoms with Crippen LogP contribution in [0.5, 0.6) is 5.75 Å². The summed E-state index contributed by atoms with van der Waals surface area (Å²) in [5.74, 6) is 1.58. The smallest absolute Gasteiger partial charge is 0.267 e. The molecule has 0 N–H and O–H groups in total. The van der Waals surface area contributed by atoms with Crippen molar-refractivity contribution in [2.75, 3.05) is 12.4 Å². The van der Waals surface area contributed by atoms with Crippen molar-refractivity contribution < 1.29 is 9.53 Å². The molecule has 6 nitrogen and oxygen atoms in total. The number of hydrogen-bond donors (Lipinski definition) is 0. The van der Waals surface area contributed by atoms with Crippen molar-refractivity contribution in [2.45, 2.75) is 19.0 Å². The van der Waals surface area contributed by atoms with Gasteiger partial charge in [0.1, 0.15) is 11.6 Å². The Kier molecular flexibility index (Phi) is 6.13. The Bertz CT molecular complexity index is 1300. The molecule has 0 aliphatic rings. The maximum absolute atomic E-state index is 13.2. The van der Waals surface area contributed by atoms with Gasteiger partial charge in [-0.25, -0.2) is 14.5 Å². The van der Waals surface area contributed by atoms with Gasteiger partial charge in [-0.2, -0.15) is 0 Å². The number of aryl methyl sites for hydroxylation is 1. The Balaban J connectivity index is 1.61. The molecule has 4 rings (SSSR count). The third kappa shape index (κ3) is 4.51. The molecular formula is C24H21N3O3S. The summed E-state index contributed by atoms with van der Waals surface area (Å²) >= 11 is 1.41. The summed E-state index contributed by atoms with van der Waals surface area (Å²) in [4.78, 5) is 34.1. The Morgan fingerprint density at radius 3 is 2.61 bits per heavy atom. The molecule has 0 saturated heterocycles. The van der Waals surface area contributed by atoms with Crippen molar-refractivity contribution >= 4 is 28.4 Å². The number of aromatic nitrogens is 3. The molecule has 0 radical (unpaired) electrons. The standard InChI is InChI=1S/C24H21N3O3S/c1-16-11-12-22(25-15-16)27-23(29)19-8-3-5-9-20(19)26-24(27)31-14-13-30-21-10-6-4-7-18(21)17(2)28/h3-12,15H,13-14H2,1-2H3. The molecule has 0 atom stereocenters. The molecule has 2 aromatic heterocycles. The molecule has 4 aromatic rings. The van der Waals surface area contributed by atoms with E-state index in [1.54, 1.807) is 24.4 Å². The number of pyridine rings is 1. The fourth-order valence-electron chi connectivity index (χ4n) is 3.17. The molecule has 0 aliphatic heterocycles. The number of ketones is 1. The average Bonchev–Trinajstić information content (AvgIpc) is 2.78. The first-order chi connectivity index (χ1) is 15.0. The monoisotopic (exact) mass is 431 g/mol. The van der Waals surface area contributed by atoms with Gasteiger partial charge in [0, 0.05) is 11.9 Å². The number of ether oxygens (including phenoxy) is 1. The summed E-state index contributed by atoms with van der Waals surface area (Å²) in [6.07, 6.45) is 1.73. The molecule has 31 heavy (non-hydrogen) atoms. The maximum Gasteiger partial charge on any atom is 0.267 e. The Morgan fingerprint density at radius 2 is 1.84 bits per heavy atom. The molecule has 2 heterocycles. The predicted molar refractivity (Wildman–Crippen MR) is 123 cm³/mol. The minimum atomic E-state index is -0.160. The quantitative estimate of drug-likeness (QED) is 0.186. The van der Waals surface area contributed by atoms with E-state index in [0.29, 0.717) is 45.5 Å². The second kappa shape index (κ2) is 9.14. The van der Waals surface area contributed by atoms with Crippen LogP contribution in [-0.2, 0) is 0 Å². The first-order valence-electron chi connectivity index (χ1n) is 9.85. The molecule has 0 fully saturated rings. The van der Waals surface area contributed by atoms with Gasteiger partial charge < -0.3 is 4.74 Å². The fourth-order valence-corrected chi connectivity index (χ4v) is 3.99. The minimum Gasteiger partial charge on any atom is -0.492 e. The van der Waals surface area contributed by atoms with Crippen LogP contribution in [-0.4, -0.2) is 32.7 Å². The summed E-state index contributed by atoms with van der Waals surface area (Å²) in [5, 5.41) is 1.09. The number of Topliss-reactive ketones (excluding diaryl/α,β-unsaturated/α-hetero) is 1. The molecular weight excluding hydrogens is 410 g/mol. The minimum absolute atomic E-state index is 0.0428. The number of benzene rings is 2. The molecule has 0 spiro atoms. The number of carbonyl (C=O) groups is 1. The lowest BCUT2D eigenvalue weighted by molar-refractivity contribution is 0.101. The van der Waals surface area contributed by atoms with E-state index < -0.39 is 0 Å². The number of hydrogen-bond acceptors (Lipinski definition) is 6. The summed E-state index contributed by atoms with van der Waals surface area (Å²) < 4.78 is 7.36. The van der Waals surface area contributed by atoms with Crippen LogP contribution < -0.4 is 10.3 Å². The van der Waals surface area contributed by atoms with Crippen molar-refractivity contribution in [3.8, 4) is 11.6 Å². The van der Waals surface area contributed by atoms with Crippen LogP contribution in [0, 0.1) is 6.92 Å². The van der Waals surface area contributed by atoms with Crippen molar-refractivity contribution in [2.24, 2.45) is 0 Å². The van der Waals surface area contributed by atoms with Crippen LogP contribution in [0.1, 0.15) is 22.8 Å². The molecule has 2 aromatic carbocycles. The van der Waals surface area contributed by atoms with Gasteiger partial charge in [-0.15, -0.1) is 0 Å². The first kappa shape index (κ1) is 20.8. The van der Waals surface area contributed by atoms with E-state index in [9.17, 15) is 9.59 Å². The Labute approximate surface area is 183 Å². The van der Waals surface area contributed by atoms with Crippen molar-refractivity contribution in [1.82, 2.24) is 14.5 Å². The highest BCUT2D eigenvalue weighted by atomic mass is 32.2. The van der Waals surface area contributed by atoms with Gasteiger partial charge in [0.2, 0.25) is 0 Å². The van der Waals surface area contributed by atoms with Crippen molar-refractivity contribution in [1.29, 1.82) is 0 Å². The molecule has 0 saturated carbocycles. The normalized spacial score (nSPS) is 10.9. The van der Waals surface area contributed by atoms with E-state index in [4.69, 9.17) is 9.72 Å². The lowest BCUT2D eigenvalue weighted by Crippen LogP contribution is -2.23. The SMILES string of the molecule is CC(=O)c1ccccc1OCCSc1nc2ccccc2c(=O)n1-c1ccc(C)cn1. The second-order valence-corrected chi connectivity index (χ2v) is 8.06. The summed E-state index contributed by atoms with van der Waals surface area (Å²) in [6, 6.07) is 18.2. The van der Waals surface area contributed by atoms with Crippen LogP contribution >= 0.6 is 11.8 Å². The molecule has 0 amide bonds. The zero-order chi connectivity index (χ0) is 21.8. The zero-order valence-corrected chi connectivity index (χ0v) is 18.1. The maximum atomic E-state index is 13.2. The Morgan fingerprint density at radius 1 is 1.06 bits per heavy atom. The van der Waals surface area contributed by atoms with Gasteiger partial charge in [0.15, 0.2) is 10.9 Å². The molecule has 0 aliphatic carbocycles. The zero-order valence-electron chi connectivity index (χ0n) is 17.2. The van der Waals surface area contributed by atoms with Gasteiger partial charge in [0.05, 0.1) is 23.1 Å². The summed E-state index contributed by atoms with van der Waals surface area (Å²) in [6.45, 7) is 3.83.